The lowest BCUT2D eigenvalue weighted by Crippen LogP contribution is -2.40. The van der Waals surface area contributed by atoms with Gasteiger partial charge in [-0.1, -0.05) is 18.2 Å². The highest BCUT2D eigenvalue weighted by Crippen LogP contribution is 2.17. The summed E-state index contributed by atoms with van der Waals surface area (Å²) in [7, 11) is 0. The number of pyridine rings is 1. The summed E-state index contributed by atoms with van der Waals surface area (Å²) in [4.78, 5) is 30.2. The van der Waals surface area contributed by atoms with Gasteiger partial charge in [0, 0.05) is 29.1 Å². The summed E-state index contributed by atoms with van der Waals surface area (Å²) >= 11 is 3.23. The van der Waals surface area contributed by atoms with Crippen molar-refractivity contribution in [1.29, 1.82) is 5.26 Å². The summed E-state index contributed by atoms with van der Waals surface area (Å²) in [6.45, 7) is 1.73. The highest BCUT2D eigenvalue weighted by Gasteiger charge is 2.25. The number of aromatic nitrogens is 1. The first-order valence-electron chi connectivity index (χ1n) is 7.58. The summed E-state index contributed by atoms with van der Waals surface area (Å²) in [6, 6.07) is 12.5. The molecule has 1 amide bonds. The predicted octanol–water partition coefficient (Wildman–Crippen LogP) is 3.34. The van der Waals surface area contributed by atoms with E-state index in [0.29, 0.717) is 10.2 Å². The Hall–Kier alpha value is -2.72. The fourth-order valence-corrected chi connectivity index (χ4v) is 2.52. The molecule has 0 saturated heterocycles. The highest BCUT2D eigenvalue weighted by molar-refractivity contribution is 9.10. The largest absolute Gasteiger partial charge is 0.449 e. The van der Waals surface area contributed by atoms with Gasteiger partial charge in [0.25, 0.3) is 5.91 Å². The Labute approximate surface area is 154 Å². The van der Waals surface area contributed by atoms with E-state index in [-0.39, 0.29) is 18.5 Å². The van der Waals surface area contributed by atoms with E-state index in [4.69, 9.17) is 10.00 Å². The van der Waals surface area contributed by atoms with Crippen molar-refractivity contribution in [2.45, 2.75) is 19.4 Å². The van der Waals surface area contributed by atoms with Crippen molar-refractivity contribution in [3.8, 4) is 6.07 Å². The lowest BCUT2D eigenvalue weighted by molar-refractivity contribution is -0.126. The minimum atomic E-state index is -0.995. The van der Waals surface area contributed by atoms with Gasteiger partial charge in [-0.05, 0) is 41.1 Å². The monoisotopic (exact) mass is 401 g/mol. The molecule has 0 radical (unpaired) electrons. The van der Waals surface area contributed by atoms with Crippen molar-refractivity contribution in [2.75, 3.05) is 11.4 Å². The van der Waals surface area contributed by atoms with Crippen LogP contribution in [0.2, 0.25) is 0 Å². The number of halogens is 1. The zero-order valence-corrected chi connectivity index (χ0v) is 15.1. The zero-order valence-electron chi connectivity index (χ0n) is 13.6. The van der Waals surface area contributed by atoms with Gasteiger partial charge in [0.2, 0.25) is 0 Å². The van der Waals surface area contributed by atoms with Crippen LogP contribution in [-0.2, 0) is 9.53 Å². The number of anilines is 1. The van der Waals surface area contributed by atoms with Crippen molar-refractivity contribution in [1.82, 2.24) is 4.98 Å². The van der Waals surface area contributed by atoms with Crippen molar-refractivity contribution >= 4 is 33.5 Å². The minimum absolute atomic E-state index is 0.177. The van der Waals surface area contributed by atoms with E-state index >= 15 is 0 Å². The number of hydrogen-bond acceptors (Lipinski definition) is 5. The van der Waals surface area contributed by atoms with E-state index in [0.717, 1.165) is 0 Å². The van der Waals surface area contributed by atoms with Crippen LogP contribution in [-0.4, -0.2) is 29.5 Å². The summed E-state index contributed by atoms with van der Waals surface area (Å²) in [5.74, 6) is -1.03. The summed E-state index contributed by atoms with van der Waals surface area (Å²) in [5.41, 5.74) is 0.895. The highest BCUT2D eigenvalue weighted by atomic mass is 79.9. The SMILES string of the molecule is C[C@H](OC(=O)c1cncc(Br)c1)C(=O)N(CCC#N)c1ccccc1. The van der Waals surface area contributed by atoms with E-state index in [2.05, 4.69) is 20.9 Å². The third kappa shape index (κ3) is 5.13. The molecule has 0 spiro atoms. The van der Waals surface area contributed by atoms with E-state index < -0.39 is 18.0 Å². The number of esters is 1. The minimum Gasteiger partial charge on any atom is -0.449 e. The molecular formula is C18H16BrN3O3. The van der Waals surface area contributed by atoms with Crippen LogP contribution in [0.4, 0.5) is 5.69 Å². The van der Waals surface area contributed by atoms with Gasteiger partial charge < -0.3 is 9.64 Å². The molecule has 0 fully saturated rings. The first-order valence-corrected chi connectivity index (χ1v) is 8.37. The second kappa shape index (κ2) is 8.94. The molecule has 0 bridgehead atoms. The van der Waals surface area contributed by atoms with E-state index in [9.17, 15) is 9.59 Å². The fourth-order valence-electron chi connectivity index (χ4n) is 2.16. The standard InChI is InChI=1S/C18H16BrN3O3/c1-13(25-18(24)14-10-15(19)12-21-11-14)17(23)22(9-5-8-20)16-6-3-2-4-7-16/h2-4,6-7,10-13H,5,9H2,1H3/t13-/m0/s1. The molecule has 0 aliphatic carbocycles. The average Bonchev–Trinajstić information content (AvgIpc) is 2.62. The van der Waals surface area contributed by atoms with Crippen molar-refractivity contribution in [2.24, 2.45) is 0 Å². The van der Waals surface area contributed by atoms with Gasteiger partial charge in [-0.25, -0.2) is 4.79 Å². The fraction of sp³-hybridized carbons (Fsp3) is 0.222. The number of amides is 1. The van der Waals surface area contributed by atoms with Gasteiger partial charge in [0.15, 0.2) is 6.10 Å². The van der Waals surface area contributed by atoms with E-state index in [1.165, 1.54) is 18.0 Å². The molecule has 7 heteroatoms. The molecule has 2 aromatic rings. The van der Waals surface area contributed by atoms with Crippen molar-refractivity contribution in [3.63, 3.8) is 0 Å². The van der Waals surface area contributed by atoms with Crippen molar-refractivity contribution in [3.05, 3.63) is 58.8 Å². The van der Waals surface area contributed by atoms with Crippen LogP contribution in [0.1, 0.15) is 23.7 Å². The van der Waals surface area contributed by atoms with Crippen LogP contribution >= 0.6 is 15.9 Å². The van der Waals surface area contributed by atoms with Crippen LogP contribution < -0.4 is 4.90 Å². The molecule has 25 heavy (non-hydrogen) atoms. The number of hydrogen-bond donors (Lipinski definition) is 0. The Kier molecular flexibility index (Phi) is 6.66. The number of nitrogens with zero attached hydrogens (tertiary/aromatic N) is 3. The normalized spacial score (nSPS) is 11.2. The first-order chi connectivity index (χ1) is 12.0. The summed E-state index contributed by atoms with van der Waals surface area (Å²) < 4.78 is 5.90. The molecule has 1 aromatic heterocycles. The maximum Gasteiger partial charge on any atom is 0.340 e. The Bertz CT molecular complexity index is 790. The lowest BCUT2D eigenvalue weighted by atomic mass is 10.2. The number of para-hydroxylation sites is 1. The van der Waals surface area contributed by atoms with Crippen molar-refractivity contribution < 1.29 is 14.3 Å². The molecule has 0 saturated carbocycles. The Morgan fingerprint density at radius 1 is 1.32 bits per heavy atom. The van der Waals surface area contributed by atoms with Gasteiger partial charge in [-0.15, -0.1) is 0 Å². The van der Waals surface area contributed by atoms with Crippen LogP contribution in [0.5, 0.6) is 0 Å². The topological polar surface area (TPSA) is 83.3 Å². The maximum atomic E-state index is 12.7. The number of carbonyl (C=O) groups excluding carboxylic acids is 2. The number of nitriles is 1. The van der Waals surface area contributed by atoms with Crippen LogP contribution in [0.3, 0.4) is 0 Å². The number of rotatable bonds is 6. The summed E-state index contributed by atoms with van der Waals surface area (Å²) in [5, 5.41) is 8.82. The number of ether oxygens (including phenoxy) is 1. The third-order valence-corrected chi connectivity index (χ3v) is 3.79. The second-order valence-corrected chi connectivity index (χ2v) is 6.09. The third-order valence-electron chi connectivity index (χ3n) is 3.35. The smallest absolute Gasteiger partial charge is 0.340 e. The molecule has 0 aliphatic rings. The Morgan fingerprint density at radius 3 is 2.68 bits per heavy atom. The van der Waals surface area contributed by atoms with Crippen LogP contribution in [0.25, 0.3) is 0 Å². The molecule has 1 aromatic carbocycles. The van der Waals surface area contributed by atoms with Gasteiger partial charge in [0.05, 0.1) is 18.1 Å². The van der Waals surface area contributed by atoms with Gasteiger partial charge in [0.1, 0.15) is 0 Å². The quantitative estimate of drug-likeness (QED) is 0.693. The first kappa shape index (κ1) is 18.6. The second-order valence-electron chi connectivity index (χ2n) is 5.17. The molecule has 2 rings (SSSR count). The molecule has 128 valence electrons. The van der Waals surface area contributed by atoms with E-state index in [1.807, 2.05) is 12.1 Å². The molecule has 1 atom stereocenters. The average molecular weight is 402 g/mol. The Morgan fingerprint density at radius 2 is 2.04 bits per heavy atom. The molecular weight excluding hydrogens is 386 g/mol. The Balaban J connectivity index is 2.12. The van der Waals surface area contributed by atoms with Gasteiger partial charge in [-0.3, -0.25) is 9.78 Å². The van der Waals surface area contributed by atoms with Gasteiger partial charge in [-0.2, -0.15) is 5.26 Å². The predicted molar refractivity (Wildman–Crippen MR) is 95.8 cm³/mol. The maximum absolute atomic E-state index is 12.7. The molecule has 1 heterocycles. The molecule has 0 aliphatic heterocycles. The molecule has 6 nitrogen and oxygen atoms in total. The van der Waals surface area contributed by atoms with E-state index in [1.54, 1.807) is 36.5 Å². The summed E-state index contributed by atoms with van der Waals surface area (Å²) in [6.07, 6.45) is 2.10. The molecule has 0 unspecified atom stereocenters. The zero-order chi connectivity index (χ0) is 18.2. The number of benzene rings is 1. The van der Waals surface area contributed by atoms with Gasteiger partial charge >= 0.3 is 5.97 Å². The van der Waals surface area contributed by atoms with Crippen LogP contribution in [0, 0.1) is 11.3 Å². The van der Waals surface area contributed by atoms with Crippen LogP contribution in [0.15, 0.2) is 53.3 Å². The number of carbonyl (C=O) groups is 2. The molecule has 0 N–H and O–H groups in total. The lowest BCUT2D eigenvalue weighted by Gasteiger charge is -2.25.